The van der Waals surface area contributed by atoms with Gasteiger partial charge in [-0.05, 0) is 19.8 Å². The van der Waals surface area contributed by atoms with Crippen molar-refractivity contribution in [2.75, 3.05) is 32.2 Å². The number of halogens is 1. The van der Waals surface area contributed by atoms with Gasteiger partial charge in [-0.1, -0.05) is 18.5 Å². The summed E-state index contributed by atoms with van der Waals surface area (Å²) < 4.78 is 10.4. The highest BCUT2D eigenvalue weighted by Crippen LogP contribution is 2.29. The zero-order valence-electron chi connectivity index (χ0n) is 17.5. The molecule has 3 rings (SSSR count). The highest BCUT2D eigenvalue weighted by Gasteiger charge is 2.33. The Kier molecular flexibility index (Phi) is 7.32. The number of amides is 1. The monoisotopic (exact) mass is 455 g/mol. The van der Waals surface area contributed by atoms with Crippen molar-refractivity contribution >= 4 is 39.9 Å². The van der Waals surface area contributed by atoms with Crippen LogP contribution in [0.15, 0.2) is 0 Å². The van der Waals surface area contributed by atoms with E-state index >= 15 is 0 Å². The van der Waals surface area contributed by atoms with Gasteiger partial charge in [-0.3, -0.25) is 9.59 Å². The highest BCUT2D eigenvalue weighted by molar-refractivity contribution is 7.15. The summed E-state index contributed by atoms with van der Waals surface area (Å²) in [7, 11) is 3.00. The lowest BCUT2D eigenvalue weighted by molar-refractivity contribution is -0.139. The predicted molar refractivity (Wildman–Crippen MR) is 114 cm³/mol. The van der Waals surface area contributed by atoms with E-state index in [9.17, 15) is 9.59 Å². The zero-order chi connectivity index (χ0) is 21.8. The van der Waals surface area contributed by atoms with E-state index in [4.69, 9.17) is 21.1 Å². The minimum atomic E-state index is -0.310. The molecule has 2 N–H and O–H groups in total. The number of imidazole rings is 1. The molecule has 30 heavy (non-hydrogen) atoms. The molecule has 164 valence electrons. The number of methoxy groups -OCH3 is 2. The van der Waals surface area contributed by atoms with Gasteiger partial charge in [0.25, 0.3) is 5.91 Å². The van der Waals surface area contributed by atoms with Crippen molar-refractivity contribution in [1.82, 2.24) is 20.3 Å². The Hall–Kier alpha value is -2.17. The fourth-order valence-electron chi connectivity index (χ4n) is 3.38. The van der Waals surface area contributed by atoms with E-state index < -0.39 is 0 Å². The Morgan fingerprint density at radius 3 is 2.77 bits per heavy atom. The summed E-state index contributed by atoms with van der Waals surface area (Å²) in [5.74, 6) is -0.407. The Bertz CT molecular complexity index is 915. The van der Waals surface area contributed by atoms with Crippen LogP contribution in [0.4, 0.5) is 5.13 Å². The van der Waals surface area contributed by atoms with Crippen molar-refractivity contribution in [3.8, 4) is 0 Å². The van der Waals surface area contributed by atoms with Crippen LogP contribution in [0, 0.1) is 6.92 Å². The summed E-state index contributed by atoms with van der Waals surface area (Å²) in [6.45, 7) is 5.16. The molecule has 2 aromatic heterocycles. The van der Waals surface area contributed by atoms with Crippen LogP contribution in [0.3, 0.4) is 0 Å². The molecule has 0 saturated carbocycles. The Balaban J connectivity index is 1.65. The summed E-state index contributed by atoms with van der Waals surface area (Å²) in [6.07, 6.45) is 1.30. The maximum absolute atomic E-state index is 12.6. The SMILES string of the molecule is CCc1[nH]c(C(=O)N[C@H]2CCN(c3nc(CC(=O)OC)c(C)s3)C[C@H]2OC)nc1Cl. The van der Waals surface area contributed by atoms with E-state index in [0.717, 1.165) is 21.4 Å². The minimum absolute atomic E-state index is 0.157. The number of aromatic amines is 1. The number of hydrogen-bond donors (Lipinski definition) is 2. The van der Waals surface area contributed by atoms with E-state index in [0.29, 0.717) is 31.1 Å². The van der Waals surface area contributed by atoms with Gasteiger partial charge in [-0.2, -0.15) is 0 Å². The van der Waals surface area contributed by atoms with Gasteiger partial charge in [-0.25, -0.2) is 9.97 Å². The Labute approximate surface area is 184 Å². The third-order valence-corrected chi connectivity index (χ3v) is 6.55. The number of aromatic nitrogens is 3. The summed E-state index contributed by atoms with van der Waals surface area (Å²) in [4.78, 5) is 39.0. The molecular weight excluding hydrogens is 430 g/mol. The van der Waals surface area contributed by atoms with Crippen LogP contribution in [0.5, 0.6) is 0 Å². The van der Waals surface area contributed by atoms with Crippen molar-refractivity contribution < 1.29 is 19.1 Å². The maximum atomic E-state index is 12.6. The van der Waals surface area contributed by atoms with Crippen LogP contribution in [-0.2, 0) is 27.1 Å². The maximum Gasteiger partial charge on any atom is 0.311 e. The quantitative estimate of drug-likeness (QED) is 0.615. The molecule has 1 amide bonds. The van der Waals surface area contributed by atoms with E-state index in [1.54, 1.807) is 7.11 Å². The number of rotatable bonds is 7. The normalized spacial score (nSPS) is 19.0. The van der Waals surface area contributed by atoms with Crippen LogP contribution >= 0.6 is 22.9 Å². The molecule has 0 radical (unpaired) electrons. The number of anilines is 1. The smallest absolute Gasteiger partial charge is 0.311 e. The number of aryl methyl sites for hydroxylation is 2. The third-order valence-electron chi connectivity index (χ3n) is 5.17. The average Bonchev–Trinajstić information content (AvgIpc) is 3.30. The minimum Gasteiger partial charge on any atom is -0.469 e. The summed E-state index contributed by atoms with van der Waals surface area (Å²) in [5.41, 5.74) is 1.47. The van der Waals surface area contributed by atoms with Gasteiger partial charge in [0, 0.05) is 25.1 Å². The van der Waals surface area contributed by atoms with Gasteiger partial charge in [0.2, 0.25) is 0 Å². The lowest BCUT2D eigenvalue weighted by atomic mass is 10.0. The molecule has 0 aliphatic carbocycles. The molecule has 0 spiro atoms. The number of piperidine rings is 1. The lowest BCUT2D eigenvalue weighted by Gasteiger charge is -2.37. The largest absolute Gasteiger partial charge is 0.469 e. The van der Waals surface area contributed by atoms with Gasteiger partial charge < -0.3 is 24.7 Å². The molecule has 0 unspecified atom stereocenters. The summed E-state index contributed by atoms with van der Waals surface area (Å²) >= 11 is 7.58. The second-order valence-electron chi connectivity index (χ2n) is 7.05. The van der Waals surface area contributed by atoms with Crippen molar-refractivity contribution in [1.29, 1.82) is 0 Å². The number of carbonyl (C=O) groups excluding carboxylic acids is 2. The number of esters is 1. The second kappa shape index (κ2) is 9.76. The summed E-state index contributed by atoms with van der Waals surface area (Å²) in [6, 6.07) is -0.164. The van der Waals surface area contributed by atoms with Crippen molar-refractivity contribution in [3.05, 3.63) is 27.2 Å². The molecule has 2 aromatic rings. The first-order chi connectivity index (χ1) is 14.4. The first-order valence-electron chi connectivity index (χ1n) is 9.72. The number of nitrogens with one attached hydrogen (secondary N) is 2. The molecule has 11 heteroatoms. The fraction of sp³-hybridized carbons (Fsp3) is 0.579. The molecule has 1 aliphatic heterocycles. The number of hydrogen-bond acceptors (Lipinski definition) is 8. The molecule has 1 aliphatic rings. The van der Waals surface area contributed by atoms with Crippen molar-refractivity contribution in [3.63, 3.8) is 0 Å². The van der Waals surface area contributed by atoms with E-state index in [2.05, 4.69) is 25.2 Å². The van der Waals surface area contributed by atoms with E-state index in [1.807, 2.05) is 13.8 Å². The van der Waals surface area contributed by atoms with Crippen molar-refractivity contribution in [2.45, 2.75) is 45.3 Å². The topological polar surface area (TPSA) is 109 Å². The molecule has 1 fully saturated rings. The highest BCUT2D eigenvalue weighted by atomic mass is 35.5. The number of nitrogens with zero attached hydrogens (tertiary/aromatic N) is 3. The number of carbonyl (C=O) groups is 2. The number of thiazole rings is 1. The number of ether oxygens (including phenoxy) is 2. The van der Waals surface area contributed by atoms with Crippen LogP contribution in [0.25, 0.3) is 0 Å². The van der Waals surface area contributed by atoms with Crippen LogP contribution in [0.2, 0.25) is 5.15 Å². The average molecular weight is 456 g/mol. The van der Waals surface area contributed by atoms with Gasteiger partial charge in [0.05, 0.1) is 37.1 Å². The molecule has 9 nitrogen and oxygen atoms in total. The first kappa shape index (κ1) is 22.5. The molecular formula is C19H26ClN5O4S. The van der Waals surface area contributed by atoms with Gasteiger partial charge in [0.15, 0.2) is 16.1 Å². The molecule has 3 heterocycles. The molecule has 1 saturated heterocycles. The number of H-pyrrole nitrogens is 1. The van der Waals surface area contributed by atoms with Crippen LogP contribution < -0.4 is 10.2 Å². The molecule has 0 bridgehead atoms. The lowest BCUT2D eigenvalue weighted by Crippen LogP contribution is -2.55. The van der Waals surface area contributed by atoms with Crippen LogP contribution in [0.1, 0.15) is 40.2 Å². The zero-order valence-corrected chi connectivity index (χ0v) is 19.0. The first-order valence-corrected chi connectivity index (χ1v) is 10.9. The van der Waals surface area contributed by atoms with Crippen molar-refractivity contribution in [2.24, 2.45) is 0 Å². The summed E-state index contributed by atoms with van der Waals surface area (Å²) in [5, 5.41) is 4.16. The van der Waals surface area contributed by atoms with Crippen LogP contribution in [-0.4, -0.2) is 66.3 Å². The van der Waals surface area contributed by atoms with Gasteiger partial charge >= 0.3 is 5.97 Å². The standard InChI is InChI=1S/C19H26ClN5O4S/c1-5-11-16(20)24-17(21-11)18(27)22-12-6-7-25(9-14(12)28-3)19-23-13(10(2)30-19)8-15(26)29-4/h12,14H,5-9H2,1-4H3,(H,21,24)(H,22,27)/t12-,14+/m0/s1. The van der Waals surface area contributed by atoms with E-state index in [-0.39, 0.29) is 36.3 Å². The second-order valence-corrected chi connectivity index (χ2v) is 8.59. The van der Waals surface area contributed by atoms with E-state index in [1.165, 1.54) is 18.4 Å². The van der Waals surface area contributed by atoms with Gasteiger partial charge in [0.1, 0.15) is 0 Å². The Morgan fingerprint density at radius 1 is 1.37 bits per heavy atom. The Morgan fingerprint density at radius 2 is 2.13 bits per heavy atom. The molecule has 0 aromatic carbocycles. The third kappa shape index (κ3) is 4.93. The van der Waals surface area contributed by atoms with Gasteiger partial charge in [-0.15, -0.1) is 11.3 Å². The predicted octanol–water partition coefficient (Wildman–Crippen LogP) is 2.13. The molecule has 2 atom stereocenters. The fourth-order valence-corrected chi connectivity index (χ4v) is 4.61.